The van der Waals surface area contributed by atoms with Crippen molar-refractivity contribution in [1.82, 2.24) is 14.9 Å². The summed E-state index contributed by atoms with van der Waals surface area (Å²) in [6.45, 7) is 6.82. The van der Waals surface area contributed by atoms with Crippen molar-refractivity contribution < 1.29 is 13.2 Å². The molecule has 3 aromatic rings. The standard InChI is InChI=1S/C23H29N5O3S2/c1-15-2-7-18-19(12-15)32-23-21(18)22(26-20(27-23)14-28-8-10-31-11-9-28)25-13-16-3-5-17(6-4-16)33(24,29)30/h3-6,15H,2,7-14H2,1H3,(H2,24,29,30)(H,25,26,27)/t15-/m0/s1. The van der Waals surface area contributed by atoms with Crippen LogP contribution in [0.15, 0.2) is 29.2 Å². The summed E-state index contributed by atoms with van der Waals surface area (Å²) in [4.78, 5) is 14.8. The highest BCUT2D eigenvalue weighted by Gasteiger charge is 2.24. The zero-order valence-electron chi connectivity index (χ0n) is 18.7. The average molecular weight is 488 g/mol. The fraction of sp³-hybridized carbons (Fsp3) is 0.478. The zero-order chi connectivity index (χ0) is 23.0. The van der Waals surface area contributed by atoms with Gasteiger partial charge in [0.2, 0.25) is 10.0 Å². The van der Waals surface area contributed by atoms with Crippen LogP contribution in [0, 0.1) is 5.92 Å². The number of rotatable bonds is 6. The van der Waals surface area contributed by atoms with Gasteiger partial charge in [-0.3, -0.25) is 4.90 Å². The molecule has 1 aromatic carbocycles. The van der Waals surface area contributed by atoms with Gasteiger partial charge in [0.1, 0.15) is 16.5 Å². The number of nitrogens with zero attached hydrogens (tertiary/aromatic N) is 3. The Balaban J connectivity index is 1.45. The summed E-state index contributed by atoms with van der Waals surface area (Å²) in [5.74, 6) is 2.38. The smallest absolute Gasteiger partial charge is 0.238 e. The van der Waals surface area contributed by atoms with Crippen LogP contribution in [0.5, 0.6) is 0 Å². The maximum absolute atomic E-state index is 11.5. The molecule has 1 saturated heterocycles. The van der Waals surface area contributed by atoms with Gasteiger partial charge in [-0.2, -0.15) is 0 Å². The second-order valence-electron chi connectivity index (χ2n) is 8.95. The van der Waals surface area contributed by atoms with E-state index in [1.807, 2.05) is 0 Å². The predicted molar refractivity (Wildman–Crippen MR) is 130 cm³/mol. The van der Waals surface area contributed by atoms with Gasteiger partial charge < -0.3 is 10.1 Å². The highest BCUT2D eigenvalue weighted by atomic mass is 32.2. The molecule has 0 saturated carbocycles. The highest BCUT2D eigenvalue weighted by Crippen LogP contribution is 2.40. The molecule has 8 nitrogen and oxygen atoms in total. The number of anilines is 1. The van der Waals surface area contributed by atoms with E-state index in [9.17, 15) is 8.42 Å². The Kier molecular flexibility index (Phi) is 6.37. The van der Waals surface area contributed by atoms with Crippen molar-refractivity contribution in [3.8, 4) is 0 Å². The SMILES string of the molecule is C[C@H]1CCc2c(sc3nc(CN4CCOCC4)nc(NCc4ccc(S(N)(=O)=O)cc4)c23)C1. The number of thiophene rings is 1. The predicted octanol–water partition coefficient (Wildman–Crippen LogP) is 2.91. The number of benzene rings is 1. The summed E-state index contributed by atoms with van der Waals surface area (Å²) in [6.07, 6.45) is 3.34. The Morgan fingerprint density at radius 3 is 2.70 bits per heavy atom. The molecule has 10 heteroatoms. The van der Waals surface area contributed by atoms with E-state index in [0.29, 0.717) is 19.0 Å². The van der Waals surface area contributed by atoms with E-state index in [0.717, 1.165) is 66.6 Å². The van der Waals surface area contributed by atoms with Crippen LogP contribution in [0.3, 0.4) is 0 Å². The van der Waals surface area contributed by atoms with Crippen molar-refractivity contribution in [2.24, 2.45) is 11.1 Å². The fourth-order valence-electron chi connectivity index (χ4n) is 4.53. The van der Waals surface area contributed by atoms with Crippen molar-refractivity contribution in [2.75, 3.05) is 31.6 Å². The molecule has 176 valence electrons. The van der Waals surface area contributed by atoms with Crippen molar-refractivity contribution in [1.29, 1.82) is 0 Å². The molecule has 0 spiro atoms. The minimum absolute atomic E-state index is 0.115. The molecule has 5 rings (SSSR count). The molecule has 0 bridgehead atoms. The van der Waals surface area contributed by atoms with E-state index in [1.54, 1.807) is 35.6 Å². The molecule has 0 unspecified atom stereocenters. The third-order valence-electron chi connectivity index (χ3n) is 6.38. The molecule has 33 heavy (non-hydrogen) atoms. The first-order valence-electron chi connectivity index (χ1n) is 11.3. The van der Waals surface area contributed by atoms with Gasteiger partial charge in [-0.25, -0.2) is 23.5 Å². The minimum atomic E-state index is -3.70. The summed E-state index contributed by atoms with van der Waals surface area (Å²) in [5.41, 5.74) is 2.35. The molecule has 2 aromatic heterocycles. The van der Waals surface area contributed by atoms with Gasteiger partial charge in [-0.15, -0.1) is 11.3 Å². The number of morpholine rings is 1. The second kappa shape index (κ2) is 9.27. The number of nitrogens with two attached hydrogens (primary N) is 1. The molecule has 0 amide bonds. The van der Waals surface area contributed by atoms with Crippen LogP contribution < -0.4 is 10.5 Å². The molecule has 3 heterocycles. The van der Waals surface area contributed by atoms with Crippen LogP contribution >= 0.6 is 11.3 Å². The number of hydrogen-bond acceptors (Lipinski definition) is 8. The molecular formula is C23H29N5O3S2. The first-order chi connectivity index (χ1) is 15.9. The number of nitrogens with one attached hydrogen (secondary N) is 1. The Morgan fingerprint density at radius 2 is 1.97 bits per heavy atom. The van der Waals surface area contributed by atoms with E-state index in [1.165, 1.54) is 16.9 Å². The Bertz CT molecular complexity index is 1250. The lowest BCUT2D eigenvalue weighted by Gasteiger charge is -2.26. The fourth-order valence-corrected chi connectivity index (χ4v) is 6.44. The maximum atomic E-state index is 11.5. The number of sulfonamides is 1. The quantitative estimate of drug-likeness (QED) is 0.550. The van der Waals surface area contributed by atoms with Gasteiger partial charge in [-0.1, -0.05) is 19.1 Å². The number of primary sulfonamides is 1. The largest absolute Gasteiger partial charge is 0.379 e. The van der Waals surface area contributed by atoms with Gasteiger partial charge in [0, 0.05) is 24.5 Å². The average Bonchev–Trinajstić information content (AvgIpc) is 3.15. The maximum Gasteiger partial charge on any atom is 0.238 e. The van der Waals surface area contributed by atoms with Gasteiger partial charge in [0.05, 0.1) is 30.0 Å². The Labute approximate surface area is 198 Å². The monoisotopic (exact) mass is 487 g/mol. The van der Waals surface area contributed by atoms with Crippen LogP contribution in [0.25, 0.3) is 10.2 Å². The first kappa shape index (κ1) is 22.7. The van der Waals surface area contributed by atoms with E-state index in [-0.39, 0.29) is 4.90 Å². The molecule has 0 radical (unpaired) electrons. The van der Waals surface area contributed by atoms with Gasteiger partial charge in [0.15, 0.2) is 0 Å². The topological polar surface area (TPSA) is 110 Å². The molecule has 2 aliphatic rings. The Morgan fingerprint density at radius 1 is 1.21 bits per heavy atom. The third-order valence-corrected chi connectivity index (χ3v) is 8.46. The number of hydrogen-bond donors (Lipinski definition) is 2. The zero-order valence-corrected chi connectivity index (χ0v) is 20.3. The number of aromatic nitrogens is 2. The van der Waals surface area contributed by atoms with E-state index in [2.05, 4.69) is 17.1 Å². The Hall–Kier alpha value is -2.11. The molecule has 1 atom stereocenters. The van der Waals surface area contributed by atoms with Gasteiger partial charge in [0.25, 0.3) is 0 Å². The normalized spacial score (nSPS) is 19.5. The lowest BCUT2D eigenvalue weighted by molar-refractivity contribution is 0.0331. The summed E-state index contributed by atoms with van der Waals surface area (Å²) < 4.78 is 28.5. The van der Waals surface area contributed by atoms with Gasteiger partial charge >= 0.3 is 0 Å². The van der Waals surface area contributed by atoms with Crippen molar-refractivity contribution in [3.63, 3.8) is 0 Å². The first-order valence-corrected chi connectivity index (χ1v) is 13.7. The summed E-state index contributed by atoms with van der Waals surface area (Å²) >= 11 is 1.81. The summed E-state index contributed by atoms with van der Waals surface area (Å²) in [6, 6.07) is 6.65. The van der Waals surface area contributed by atoms with Crippen LogP contribution in [-0.4, -0.2) is 49.6 Å². The molecule has 1 aliphatic heterocycles. The minimum Gasteiger partial charge on any atom is -0.379 e. The van der Waals surface area contributed by atoms with E-state index < -0.39 is 10.0 Å². The highest BCUT2D eigenvalue weighted by molar-refractivity contribution is 7.89. The van der Waals surface area contributed by atoms with Crippen LogP contribution in [0.2, 0.25) is 0 Å². The van der Waals surface area contributed by atoms with Crippen LogP contribution in [-0.2, 0) is 40.7 Å². The van der Waals surface area contributed by atoms with Gasteiger partial charge in [-0.05, 0) is 48.4 Å². The third kappa shape index (κ3) is 5.04. The van der Waals surface area contributed by atoms with Crippen molar-refractivity contribution in [3.05, 3.63) is 46.1 Å². The number of fused-ring (bicyclic) bond motifs is 3. The van der Waals surface area contributed by atoms with E-state index >= 15 is 0 Å². The molecule has 3 N–H and O–H groups in total. The number of ether oxygens (including phenoxy) is 1. The second-order valence-corrected chi connectivity index (χ2v) is 11.6. The summed E-state index contributed by atoms with van der Waals surface area (Å²) in [5, 5.41) is 9.89. The lowest BCUT2D eigenvalue weighted by Crippen LogP contribution is -2.36. The molecule has 1 fully saturated rings. The summed E-state index contributed by atoms with van der Waals surface area (Å²) in [7, 11) is -3.70. The number of aryl methyl sites for hydroxylation is 1. The molecule has 1 aliphatic carbocycles. The van der Waals surface area contributed by atoms with Crippen molar-refractivity contribution in [2.45, 2.75) is 44.2 Å². The molecular weight excluding hydrogens is 458 g/mol. The van der Waals surface area contributed by atoms with E-state index in [4.69, 9.17) is 19.8 Å². The van der Waals surface area contributed by atoms with Crippen LogP contribution in [0.4, 0.5) is 5.82 Å². The van der Waals surface area contributed by atoms with Crippen LogP contribution in [0.1, 0.15) is 35.2 Å². The lowest BCUT2D eigenvalue weighted by atomic mass is 9.89. The van der Waals surface area contributed by atoms with Crippen molar-refractivity contribution >= 4 is 37.4 Å².